The maximum absolute atomic E-state index is 11.9. The van der Waals surface area contributed by atoms with Gasteiger partial charge in [-0.3, -0.25) is 10.1 Å². The zero-order valence-corrected chi connectivity index (χ0v) is 11.7. The number of rotatable bonds is 5. The summed E-state index contributed by atoms with van der Waals surface area (Å²) in [6, 6.07) is 0. The molecule has 106 valence electrons. The monoisotopic (exact) mass is 296 g/mol. The predicted molar refractivity (Wildman–Crippen MR) is 71.5 cm³/mol. The molecule has 0 bridgehead atoms. The summed E-state index contributed by atoms with van der Waals surface area (Å²) < 4.78 is 1.23. The van der Waals surface area contributed by atoms with Gasteiger partial charge in [-0.15, -0.1) is 10.2 Å². The number of hydrogen-bond donors (Lipinski definition) is 1. The minimum absolute atomic E-state index is 0.191. The fourth-order valence-electron chi connectivity index (χ4n) is 1.55. The molecule has 0 unspecified atom stereocenters. The topological polar surface area (TPSA) is 116 Å². The Bertz CT molecular complexity index is 649. The van der Waals surface area contributed by atoms with Crippen molar-refractivity contribution in [3.05, 3.63) is 27.1 Å². The first-order valence-electron chi connectivity index (χ1n) is 5.80. The number of nitrogens with zero attached hydrogens (tertiary/aromatic N) is 5. The summed E-state index contributed by atoms with van der Waals surface area (Å²) >= 11 is 1.28. The molecule has 0 aliphatic heterocycles. The van der Waals surface area contributed by atoms with E-state index in [0.717, 1.165) is 17.6 Å². The number of imidazole rings is 1. The number of nitrogens with one attached hydrogen (secondary N) is 1. The average molecular weight is 296 g/mol. The summed E-state index contributed by atoms with van der Waals surface area (Å²) in [6.45, 7) is 3.34. The van der Waals surface area contributed by atoms with Crippen molar-refractivity contribution >= 4 is 28.2 Å². The lowest BCUT2D eigenvalue weighted by atomic mass is 10.5. The highest BCUT2D eigenvalue weighted by Crippen LogP contribution is 2.17. The number of amides is 1. The van der Waals surface area contributed by atoms with Crippen molar-refractivity contribution in [1.82, 2.24) is 19.7 Å². The van der Waals surface area contributed by atoms with E-state index in [4.69, 9.17) is 0 Å². The fraction of sp³-hybridized carbons (Fsp3) is 0.400. The van der Waals surface area contributed by atoms with Gasteiger partial charge in [-0.1, -0.05) is 18.3 Å². The van der Waals surface area contributed by atoms with Gasteiger partial charge in [0, 0.05) is 6.92 Å². The van der Waals surface area contributed by atoms with E-state index in [2.05, 4.69) is 20.5 Å². The van der Waals surface area contributed by atoms with E-state index in [1.807, 2.05) is 6.92 Å². The van der Waals surface area contributed by atoms with Crippen LogP contribution in [0.4, 0.5) is 10.9 Å². The molecule has 2 aromatic heterocycles. The molecular formula is C10H12N6O3S. The molecule has 1 amide bonds. The molecule has 2 aromatic rings. The Balaban J connectivity index is 2.08. The second kappa shape index (κ2) is 5.74. The highest BCUT2D eigenvalue weighted by molar-refractivity contribution is 7.15. The van der Waals surface area contributed by atoms with Crippen LogP contribution >= 0.6 is 11.3 Å². The Morgan fingerprint density at radius 3 is 2.90 bits per heavy atom. The second-order valence-corrected chi connectivity index (χ2v) is 4.97. The molecule has 0 aliphatic rings. The maximum Gasteiger partial charge on any atom is 0.343 e. The third-order valence-electron chi connectivity index (χ3n) is 2.54. The third-order valence-corrected chi connectivity index (χ3v) is 3.52. The van der Waals surface area contributed by atoms with Crippen LogP contribution in [0.15, 0.2) is 6.20 Å². The molecule has 0 spiro atoms. The number of carbonyl (C=O) groups excluding carboxylic acids is 1. The van der Waals surface area contributed by atoms with Crippen molar-refractivity contribution in [1.29, 1.82) is 0 Å². The van der Waals surface area contributed by atoms with E-state index >= 15 is 0 Å². The van der Waals surface area contributed by atoms with Crippen LogP contribution in [0.3, 0.4) is 0 Å². The lowest BCUT2D eigenvalue weighted by Gasteiger charge is -2.02. The molecule has 9 nitrogen and oxygen atoms in total. The first-order chi connectivity index (χ1) is 9.51. The predicted octanol–water partition coefficient (Wildman–Crippen LogP) is 1.15. The average Bonchev–Trinajstić information content (AvgIpc) is 2.97. The van der Waals surface area contributed by atoms with Crippen LogP contribution in [-0.2, 0) is 17.8 Å². The number of nitro groups is 1. The normalized spacial score (nSPS) is 10.5. The van der Waals surface area contributed by atoms with Crippen molar-refractivity contribution in [2.45, 2.75) is 26.8 Å². The summed E-state index contributed by atoms with van der Waals surface area (Å²) in [5.74, 6) is -0.226. The van der Waals surface area contributed by atoms with Crippen molar-refractivity contribution in [2.24, 2.45) is 0 Å². The van der Waals surface area contributed by atoms with E-state index in [-0.39, 0.29) is 12.4 Å². The first-order valence-corrected chi connectivity index (χ1v) is 6.61. The Labute approximate surface area is 117 Å². The first kappa shape index (κ1) is 14.1. The fourth-order valence-corrected chi connectivity index (χ4v) is 2.24. The summed E-state index contributed by atoms with van der Waals surface area (Å²) in [7, 11) is 0. The van der Waals surface area contributed by atoms with Gasteiger partial charge in [-0.25, -0.2) is 9.55 Å². The van der Waals surface area contributed by atoms with Gasteiger partial charge in [0.05, 0.1) is 0 Å². The molecule has 0 saturated heterocycles. The highest BCUT2D eigenvalue weighted by atomic mass is 32.1. The van der Waals surface area contributed by atoms with Crippen LogP contribution in [0, 0.1) is 17.0 Å². The van der Waals surface area contributed by atoms with Crippen LogP contribution in [0.1, 0.15) is 17.8 Å². The summed E-state index contributed by atoms with van der Waals surface area (Å²) in [5.41, 5.74) is 0. The molecule has 0 aromatic carbocycles. The number of anilines is 1. The molecular weight excluding hydrogens is 284 g/mol. The van der Waals surface area contributed by atoms with E-state index in [1.54, 1.807) is 6.92 Å². The van der Waals surface area contributed by atoms with Gasteiger partial charge in [0.2, 0.25) is 5.13 Å². The van der Waals surface area contributed by atoms with Gasteiger partial charge in [0.25, 0.3) is 5.91 Å². The number of carbonyl (C=O) groups is 1. The van der Waals surface area contributed by atoms with Crippen molar-refractivity contribution in [3.63, 3.8) is 0 Å². The van der Waals surface area contributed by atoms with Gasteiger partial charge in [-0.2, -0.15) is 0 Å². The molecule has 1 N–H and O–H groups in total. The van der Waals surface area contributed by atoms with Gasteiger partial charge in [0.1, 0.15) is 11.2 Å². The molecule has 10 heteroatoms. The quantitative estimate of drug-likeness (QED) is 0.653. The molecule has 0 atom stereocenters. The second-order valence-electron chi connectivity index (χ2n) is 3.91. The number of aryl methyl sites for hydroxylation is 2. The summed E-state index contributed by atoms with van der Waals surface area (Å²) in [6.07, 6.45) is 1.86. The molecule has 0 saturated carbocycles. The third kappa shape index (κ3) is 2.96. The largest absolute Gasteiger partial charge is 0.358 e. The SMILES string of the molecule is CCc1nnc(NC(=O)Cn2c([N+](=O)[O-])cnc2C)s1. The Morgan fingerprint density at radius 1 is 1.55 bits per heavy atom. The number of hydrogen-bond acceptors (Lipinski definition) is 7. The standard InChI is InChI=1S/C10H12N6O3S/c1-3-8-13-14-10(20-8)12-7(17)5-15-6(2)11-4-9(15)16(18)19/h4H,3,5H2,1-2H3,(H,12,14,17). The minimum atomic E-state index is -0.576. The van der Waals surface area contributed by atoms with Gasteiger partial charge >= 0.3 is 5.82 Å². The van der Waals surface area contributed by atoms with E-state index in [9.17, 15) is 14.9 Å². The van der Waals surface area contributed by atoms with E-state index < -0.39 is 10.8 Å². The number of aromatic nitrogens is 4. The van der Waals surface area contributed by atoms with Crippen molar-refractivity contribution < 1.29 is 9.72 Å². The van der Waals surface area contributed by atoms with Crippen molar-refractivity contribution in [2.75, 3.05) is 5.32 Å². The smallest absolute Gasteiger partial charge is 0.343 e. The molecule has 20 heavy (non-hydrogen) atoms. The summed E-state index contributed by atoms with van der Waals surface area (Å²) in [5, 5.41) is 22.3. The Morgan fingerprint density at radius 2 is 2.30 bits per heavy atom. The van der Waals surface area contributed by atoms with Gasteiger partial charge in [-0.05, 0) is 11.3 Å². The van der Waals surface area contributed by atoms with Crippen molar-refractivity contribution in [3.8, 4) is 0 Å². The highest BCUT2D eigenvalue weighted by Gasteiger charge is 2.20. The van der Waals surface area contributed by atoms with E-state index in [0.29, 0.717) is 11.0 Å². The van der Waals surface area contributed by atoms with Crippen LogP contribution in [0.5, 0.6) is 0 Å². The molecule has 0 fully saturated rings. The lowest BCUT2D eigenvalue weighted by molar-refractivity contribution is -0.392. The zero-order chi connectivity index (χ0) is 14.7. The molecule has 0 aliphatic carbocycles. The van der Waals surface area contributed by atoms with Crippen LogP contribution in [0.25, 0.3) is 0 Å². The zero-order valence-electron chi connectivity index (χ0n) is 10.9. The minimum Gasteiger partial charge on any atom is -0.358 e. The lowest BCUT2D eigenvalue weighted by Crippen LogP contribution is -2.20. The van der Waals surface area contributed by atoms with Crippen LogP contribution in [0.2, 0.25) is 0 Å². The van der Waals surface area contributed by atoms with Gasteiger partial charge in [0.15, 0.2) is 12.4 Å². The summed E-state index contributed by atoms with van der Waals surface area (Å²) in [4.78, 5) is 25.9. The molecule has 0 radical (unpaired) electrons. The van der Waals surface area contributed by atoms with E-state index in [1.165, 1.54) is 15.9 Å². The molecule has 2 heterocycles. The Kier molecular flexibility index (Phi) is 4.03. The van der Waals surface area contributed by atoms with Gasteiger partial charge < -0.3 is 10.1 Å². The maximum atomic E-state index is 11.9. The van der Waals surface area contributed by atoms with Crippen LogP contribution in [-0.4, -0.2) is 30.6 Å². The Hall–Kier alpha value is -2.36. The molecule has 2 rings (SSSR count). The van der Waals surface area contributed by atoms with Crippen LogP contribution < -0.4 is 5.32 Å².